The molecule has 1 aromatic heterocycles. The van der Waals surface area contributed by atoms with E-state index in [0.717, 1.165) is 31.6 Å². The minimum Gasteiger partial charge on any atom is -0.362 e. The van der Waals surface area contributed by atoms with Gasteiger partial charge in [-0.05, 0) is 25.7 Å². The summed E-state index contributed by atoms with van der Waals surface area (Å²) in [4.78, 5) is 1.86. The molecule has 0 saturated carbocycles. The molecular weight excluding hydrogens is 192 g/mol. The number of nitrogen functional groups attached to an aromatic ring is 1. The lowest BCUT2D eigenvalue weighted by atomic mass is 10.2. The highest BCUT2D eigenvalue weighted by molar-refractivity contribution is 5.25. The zero-order valence-electron chi connectivity index (χ0n) is 9.28. The SMILES string of the molecule is CCCc1c(N)on[n+]1N1CCCCC1. The summed E-state index contributed by atoms with van der Waals surface area (Å²) < 4.78 is 5.05. The fourth-order valence-corrected chi connectivity index (χ4v) is 2.03. The second kappa shape index (κ2) is 4.51. The highest BCUT2D eigenvalue weighted by Crippen LogP contribution is 2.10. The summed E-state index contributed by atoms with van der Waals surface area (Å²) in [6.45, 7) is 4.23. The van der Waals surface area contributed by atoms with Crippen LogP contribution in [0.3, 0.4) is 0 Å². The van der Waals surface area contributed by atoms with Crippen LogP contribution < -0.4 is 15.5 Å². The lowest BCUT2D eigenvalue weighted by Crippen LogP contribution is -2.62. The summed E-state index contributed by atoms with van der Waals surface area (Å²) in [5, 5.41) is 6.22. The molecule has 84 valence electrons. The van der Waals surface area contributed by atoms with E-state index in [2.05, 4.69) is 17.2 Å². The van der Waals surface area contributed by atoms with Crippen molar-refractivity contribution in [2.75, 3.05) is 23.8 Å². The first-order valence-corrected chi connectivity index (χ1v) is 5.74. The van der Waals surface area contributed by atoms with Crippen LogP contribution >= 0.6 is 0 Å². The molecule has 1 aliphatic heterocycles. The molecule has 0 aliphatic carbocycles. The molecule has 1 saturated heterocycles. The summed E-state index contributed by atoms with van der Waals surface area (Å²) in [5.74, 6) is 0.461. The quantitative estimate of drug-likeness (QED) is 0.745. The highest BCUT2D eigenvalue weighted by Gasteiger charge is 2.29. The van der Waals surface area contributed by atoms with Gasteiger partial charge >= 0.3 is 5.69 Å². The van der Waals surface area contributed by atoms with Gasteiger partial charge in [0, 0.05) is 6.42 Å². The van der Waals surface area contributed by atoms with Crippen LogP contribution in [0.15, 0.2) is 4.52 Å². The van der Waals surface area contributed by atoms with E-state index in [0.29, 0.717) is 5.88 Å². The first-order chi connectivity index (χ1) is 7.33. The van der Waals surface area contributed by atoms with Gasteiger partial charge in [-0.2, -0.15) is 5.01 Å². The van der Waals surface area contributed by atoms with Crippen LogP contribution in [-0.2, 0) is 6.42 Å². The Morgan fingerprint density at radius 1 is 1.40 bits per heavy atom. The van der Waals surface area contributed by atoms with Gasteiger partial charge in [0.2, 0.25) is 5.27 Å². The third-order valence-electron chi connectivity index (χ3n) is 2.83. The maximum atomic E-state index is 5.76. The minimum atomic E-state index is 0.461. The van der Waals surface area contributed by atoms with Crippen LogP contribution in [0, 0.1) is 0 Å². The molecule has 5 heteroatoms. The first-order valence-electron chi connectivity index (χ1n) is 5.74. The van der Waals surface area contributed by atoms with Gasteiger partial charge in [-0.1, -0.05) is 6.92 Å². The summed E-state index contributed by atoms with van der Waals surface area (Å²) in [5.41, 5.74) is 6.77. The molecule has 5 nitrogen and oxygen atoms in total. The second-order valence-electron chi connectivity index (χ2n) is 4.04. The Labute approximate surface area is 89.8 Å². The number of aromatic nitrogens is 2. The summed E-state index contributed by atoms with van der Waals surface area (Å²) in [6.07, 6.45) is 5.75. The monoisotopic (exact) mass is 211 g/mol. The van der Waals surface area contributed by atoms with Crippen molar-refractivity contribution in [2.24, 2.45) is 0 Å². The van der Waals surface area contributed by atoms with E-state index in [1.165, 1.54) is 19.3 Å². The van der Waals surface area contributed by atoms with Crippen LogP contribution in [0.2, 0.25) is 0 Å². The average Bonchev–Trinajstić information content (AvgIpc) is 2.63. The molecule has 0 amide bonds. The lowest BCUT2D eigenvalue weighted by molar-refractivity contribution is -0.765. The fraction of sp³-hybridized carbons (Fsp3) is 0.800. The molecule has 0 aromatic carbocycles. The van der Waals surface area contributed by atoms with Crippen molar-refractivity contribution in [2.45, 2.75) is 39.0 Å². The van der Waals surface area contributed by atoms with Gasteiger partial charge < -0.3 is 5.73 Å². The van der Waals surface area contributed by atoms with Gasteiger partial charge in [0.15, 0.2) is 0 Å². The number of hydrogen-bond acceptors (Lipinski definition) is 4. The summed E-state index contributed by atoms with van der Waals surface area (Å²) >= 11 is 0. The first kappa shape index (κ1) is 10.3. The van der Waals surface area contributed by atoms with Crippen molar-refractivity contribution in [1.82, 2.24) is 5.27 Å². The Bertz CT molecular complexity index is 317. The van der Waals surface area contributed by atoms with E-state index in [4.69, 9.17) is 10.3 Å². The highest BCUT2D eigenvalue weighted by atomic mass is 16.5. The zero-order valence-corrected chi connectivity index (χ0v) is 9.28. The van der Waals surface area contributed by atoms with Gasteiger partial charge in [-0.25, -0.2) is 0 Å². The molecule has 0 atom stereocenters. The number of rotatable bonds is 3. The number of hydrogen-bond donors (Lipinski definition) is 1. The zero-order chi connectivity index (χ0) is 10.7. The maximum Gasteiger partial charge on any atom is 0.307 e. The molecule has 0 unspecified atom stereocenters. The number of nitrogens with two attached hydrogens (primary N) is 1. The Kier molecular flexibility index (Phi) is 3.08. The van der Waals surface area contributed by atoms with Crippen molar-refractivity contribution in [3.63, 3.8) is 0 Å². The maximum absolute atomic E-state index is 5.76. The van der Waals surface area contributed by atoms with Crippen molar-refractivity contribution in [3.8, 4) is 0 Å². The number of anilines is 1. The molecule has 0 bridgehead atoms. The third-order valence-corrected chi connectivity index (χ3v) is 2.83. The van der Waals surface area contributed by atoms with E-state index in [9.17, 15) is 0 Å². The molecular formula is C10H19N4O+. The Morgan fingerprint density at radius 2 is 2.13 bits per heavy atom. The fourth-order valence-electron chi connectivity index (χ4n) is 2.03. The summed E-state index contributed by atoms with van der Waals surface area (Å²) in [7, 11) is 0. The van der Waals surface area contributed by atoms with E-state index >= 15 is 0 Å². The van der Waals surface area contributed by atoms with Crippen molar-refractivity contribution in [3.05, 3.63) is 5.69 Å². The van der Waals surface area contributed by atoms with E-state index in [-0.39, 0.29) is 0 Å². The normalized spacial score (nSPS) is 17.0. The Balaban J connectivity index is 2.18. The predicted molar refractivity (Wildman–Crippen MR) is 56.9 cm³/mol. The number of piperidine rings is 1. The molecule has 1 fully saturated rings. The molecule has 2 heterocycles. The Morgan fingerprint density at radius 3 is 2.80 bits per heavy atom. The summed E-state index contributed by atoms with van der Waals surface area (Å²) in [6, 6.07) is 0. The van der Waals surface area contributed by atoms with Crippen LogP contribution in [0.4, 0.5) is 5.88 Å². The third kappa shape index (κ3) is 2.06. The van der Waals surface area contributed by atoms with E-state index < -0.39 is 0 Å². The topological polar surface area (TPSA) is 59.2 Å². The minimum absolute atomic E-state index is 0.461. The molecule has 2 N–H and O–H groups in total. The average molecular weight is 211 g/mol. The van der Waals surface area contributed by atoms with Crippen LogP contribution in [-0.4, -0.2) is 18.4 Å². The van der Waals surface area contributed by atoms with Crippen molar-refractivity contribution < 1.29 is 9.31 Å². The van der Waals surface area contributed by atoms with Gasteiger partial charge in [0.25, 0.3) is 5.88 Å². The lowest BCUT2D eigenvalue weighted by Gasteiger charge is -2.19. The largest absolute Gasteiger partial charge is 0.362 e. The molecule has 1 aromatic rings. The van der Waals surface area contributed by atoms with Crippen LogP contribution in [0.25, 0.3) is 0 Å². The van der Waals surface area contributed by atoms with Gasteiger partial charge in [0.1, 0.15) is 0 Å². The number of nitrogens with zero attached hydrogens (tertiary/aromatic N) is 3. The second-order valence-corrected chi connectivity index (χ2v) is 4.04. The molecule has 15 heavy (non-hydrogen) atoms. The molecule has 1 aliphatic rings. The van der Waals surface area contributed by atoms with Crippen molar-refractivity contribution >= 4 is 5.88 Å². The Hall–Kier alpha value is -1.26. The van der Waals surface area contributed by atoms with Crippen LogP contribution in [0.1, 0.15) is 38.3 Å². The van der Waals surface area contributed by atoms with E-state index in [1.807, 2.05) is 4.79 Å². The molecule has 2 rings (SSSR count). The van der Waals surface area contributed by atoms with Gasteiger partial charge in [-0.3, -0.25) is 4.52 Å². The smallest absolute Gasteiger partial charge is 0.307 e. The molecule has 0 spiro atoms. The molecule has 0 radical (unpaired) electrons. The van der Waals surface area contributed by atoms with Crippen LogP contribution in [0.5, 0.6) is 0 Å². The predicted octanol–water partition coefficient (Wildman–Crippen LogP) is 0.619. The van der Waals surface area contributed by atoms with Gasteiger partial charge in [0.05, 0.1) is 17.9 Å². The van der Waals surface area contributed by atoms with E-state index in [1.54, 1.807) is 0 Å². The van der Waals surface area contributed by atoms with Gasteiger partial charge in [-0.15, -0.1) is 0 Å². The van der Waals surface area contributed by atoms with Crippen molar-refractivity contribution in [1.29, 1.82) is 0 Å². The standard InChI is InChI=1S/C10H19N4O/c1-2-6-9-10(11)15-12-14(9)13-7-4-3-5-8-13/h2-8,11H2,1H3/q+1.